The summed E-state index contributed by atoms with van der Waals surface area (Å²) in [5.74, 6) is 0. The second-order valence-corrected chi connectivity index (χ2v) is 5.02. The van der Waals surface area contributed by atoms with E-state index in [1.54, 1.807) is 0 Å². The Morgan fingerprint density at radius 1 is 1.31 bits per heavy atom. The van der Waals surface area contributed by atoms with Crippen molar-refractivity contribution in [1.82, 2.24) is 4.37 Å². The van der Waals surface area contributed by atoms with Gasteiger partial charge in [-0.15, -0.1) is 0 Å². The van der Waals surface area contributed by atoms with Crippen LogP contribution < -0.4 is 0 Å². The molecular weight excluding hydrogens is 246 g/mol. The molecule has 0 N–H and O–H groups in total. The highest BCUT2D eigenvalue weighted by Crippen LogP contribution is 2.27. The Balaban J connectivity index is 2.52. The van der Waals surface area contributed by atoms with Crippen LogP contribution >= 0.6 is 27.5 Å². The van der Waals surface area contributed by atoms with Crippen LogP contribution in [0.5, 0.6) is 0 Å². The molecule has 0 atom stereocenters. The molecule has 3 heteroatoms. The molecule has 2 rings (SSSR count). The van der Waals surface area contributed by atoms with Gasteiger partial charge in [-0.25, -0.2) is 0 Å². The van der Waals surface area contributed by atoms with Gasteiger partial charge >= 0.3 is 0 Å². The fourth-order valence-corrected chi connectivity index (χ4v) is 2.18. The highest BCUT2D eigenvalue weighted by atomic mass is 79.9. The second kappa shape index (κ2) is 3.60. The van der Waals surface area contributed by atoms with Crippen LogP contribution in [0.1, 0.15) is 5.56 Å². The van der Waals surface area contributed by atoms with Gasteiger partial charge in [0.25, 0.3) is 0 Å². The largest absolute Gasteiger partial charge is 0.191 e. The van der Waals surface area contributed by atoms with Gasteiger partial charge in [-0.05, 0) is 46.0 Å². The molecule has 13 heavy (non-hydrogen) atoms. The molecule has 1 aromatic carbocycles. The number of halogens is 1. The maximum Gasteiger partial charge on any atom is 0.0911 e. The van der Waals surface area contributed by atoms with Gasteiger partial charge in [0.1, 0.15) is 0 Å². The first kappa shape index (κ1) is 8.91. The minimum Gasteiger partial charge on any atom is -0.191 e. The van der Waals surface area contributed by atoms with E-state index in [-0.39, 0.29) is 0 Å². The summed E-state index contributed by atoms with van der Waals surface area (Å²) in [6.07, 6.45) is 0. The second-order valence-electron chi connectivity index (χ2n) is 2.83. The molecule has 0 aliphatic rings. The standard InChI is InChI=1S/C10H8BrNS/c1-7-4-2-3-5-8(7)9-6-10(11)13-12-9/h2-6H,1H3. The van der Waals surface area contributed by atoms with E-state index in [1.165, 1.54) is 22.7 Å². The molecule has 0 saturated carbocycles. The van der Waals surface area contributed by atoms with Crippen LogP contribution in [-0.2, 0) is 0 Å². The van der Waals surface area contributed by atoms with E-state index in [0.717, 1.165) is 9.48 Å². The lowest BCUT2D eigenvalue weighted by atomic mass is 10.1. The van der Waals surface area contributed by atoms with Gasteiger partial charge in [-0.1, -0.05) is 24.3 Å². The Labute approximate surface area is 89.7 Å². The van der Waals surface area contributed by atoms with Crippen LogP contribution in [0.4, 0.5) is 0 Å². The van der Waals surface area contributed by atoms with Crippen LogP contribution in [0.15, 0.2) is 34.1 Å². The van der Waals surface area contributed by atoms with Crippen molar-refractivity contribution in [2.24, 2.45) is 0 Å². The van der Waals surface area contributed by atoms with Crippen LogP contribution in [0.25, 0.3) is 11.3 Å². The average Bonchev–Trinajstić information content (AvgIpc) is 2.53. The molecular formula is C10H8BrNS. The van der Waals surface area contributed by atoms with Crippen LogP contribution in [-0.4, -0.2) is 4.37 Å². The Kier molecular flexibility index (Phi) is 2.47. The fourth-order valence-electron chi connectivity index (χ4n) is 1.24. The van der Waals surface area contributed by atoms with Crippen LogP contribution in [0.3, 0.4) is 0 Å². The lowest BCUT2D eigenvalue weighted by Crippen LogP contribution is -1.80. The molecule has 0 aliphatic carbocycles. The van der Waals surface area contributed by atoms with Gasteiger partial charge in [0, 0.05) is 5.56 Å². The molecule has 1 aromatic heterocycles. The van der Waals surface area contributed by atoms with Gasteiger partial charge in [0.05, 0.1) is 9.48 Å². The van der Waals surface area contributed by atoms with Crippen molar-refractivity contribution in [2.45, 2.75) is 6.92 Å². The maximum absolute atomic E-state index is 4.34. The first-order valence-corrected chi connectivity index (χ1v) is 5.52. The summed E-state index contributed by atoms with van der Waals surface area (Å²) in [4.78, 5) is 0. The third-order valence-corrected chi connectivity index (χ3v) is 3.15. The molecule has 0 unspecified atom stereocenters. The molecule has 2 aromatic rings. The third kappa shape index (κ3) is 1.81. The third-order valence-electron chi connectivity index (χ3n) is 1.90. The molecule has 1 nitrogen and oxygen atoms in total. The van der Waals surface area contributed by atoms with Crippen molar-refractivity contribution >= 4 is 27.5 Å². The normalized spacial score (nSPS) is 10.3. The van der Waals surface area contributed by atoms with Crippen LogP contribution in [0.2, 0.25) is 0 Å². The number of aryl methyl sites for hydroxylation is 1. The molecule has 0 amide bonds. The molecule has 0 saturated heterocycles. The van der Waals surface area contributed by atoms with Gasteiger partial charge in [0.2, 0.25) is 0 Å². The number of rotatable bonds is 1. The SMILES string of the molecule is Cc1ccccc1-c1cc(Br)sn1. The van der Waals surface area contributed by atoms with Crippen molar-refractivity contribution in [3.63, 3.8) is 0 Å². The molecule has 66 valence electrons. The van der Waals surface area contributed by atoms with Crippen LogP contribution in [0, 0.1) is 6.92 Å². The monoisotopic (exact) mass is 253 g/mol. The number of nitrogens with zero attached hydrogens (tertiary/aromatic N) is 1. The van der Waals surface area contributed by atoms with E-state index in [9.17, 15) is 0 Å². The fraction of sp³-hybridized carbons (Fsp3) is 0.100. The lowest BCUT2D eigenvalue weighted by molar-refractivity contribution is 1.42. The van der Waals surface area contributed by atoms with E-state index >= 15 is 0 Å². The van der Waals surface area contributed by atoms with Gasteiger partial charge < -0.3 is 0 Å². The quantitative estimate of drug-likeness (QED) is 0.752. The van der Waals surface area contributed by atoms with E-state index in [0.29, 0.717) is 0 Å². The smallest absolute Gasteiger partial charge is 0.0911 e. The Bertz CT molecular complexity index is 422. The molecule has 0 radical (unpaired) electrons. The summed E-state index contributed by atoms with van der Waals surface area (Å²) in [6, 6.07) is 10.3. The lowest BCUT2D eigenvalue weighted by Gasteiger charge is -1.99. The maximum atomic E-state index is 4.34. The number of hydrogen-bond acceptors (Lipinski definition) is 2. The summed E-state index contributed by atoms with van der Waals surface area (Å²) < 4.78 is 5.42. The zero-order chi connectivity index (χ0) is 9.26. The molecule has 0 bridgehead atoms. The summed E-state index contributed by atoms with van der Waals surface area (Å²) in [5.41, 5.74) is 3.53. The first-order valence-electron chi connectivity index (χ1n) is 3.95. The van der Waals surface area contributed by atoms with Gasteiger partial charge in [0.15, 0.2) is 0 Å². The number of benzene rings is 1. The summed E-state index contributed by atoms with van der Waals surface area (Å²) in [7, 11) is 0. The first-order chi connectivity index (χ1) is 6.27. The Morgan fingerprint density at radius 3 is 2.69 bits per heavy atom. The molecule has 0 spiro atoms. The van der Waals surface area contributed by atoms with Crippen molar-refractivity contribution in [2.75, 3.05) is 0 Å². The molecule has 1 heterocycles. The van der Waals surface area contributed by atoms with E-state index in [2.05, 4.69) is 39.4 Å². The van der Waals surface area contributed by atoms with Crippen molar-refractivity contribution in [1.29, 1.82) is 0 Å². The van der Waals surface area contributed by atoms with E-state index < -0.39 is 0 Å². The van der Waals surface area contributed by atoms with E-state index in [4.69, 9.17) is 0 Å². The highest BCUT2D eigenvalue weighted by Gasteiger charge is 2.04. The van der Waals surface area contributed by atoms with Crippen molar-refractivity contribution < 1.29 is 0 Å². The zero-order valence-corrected chi connectivity index (χ0v) is 9.52. The van der Waals surface area contributed by atoms with E-state index in [1.807, 2.05) is 18.2 Å². The Hall–Kier alpha value is -0.670. The topological polar surface area (TPSA) is 12.9 Å². The predicted octanol–water partition coefficient (Wildman–Crippen LogP) is 3.88. The zero-order valence-electron chi connectivity index (χ0n) is 7.12. The summed E-state index contributed by atoms with van der Waals surface area (Å²) in [6.45, 7) is 2.10. The van der Waals surface area contributed by atoms with Crippen molar-refractivity contribution in [3.8, 4) is 11.3 Å². The van der Waals surface area contributed by atoms with Gasteiger partial charge in [-0.3, -0.25) is 0 Å². The summed E-state index contributed by atoms with van der Waals surface area (Å²) >= 11 is 4.88. The number of aromatic nitrogens is 1. The average molecular weight is 254 g/mol. The Morgan fingerprint density at radius 2 is 2.08 bits per heavy atom. The minimum atomic E-state index is 1.05. The molecule has 0 fully saturated rings. The number of hydrogen-bond donors (Lipinski definition) is 0. The highest BCUT2D eigenvalue weighted by molar-refractivity contribution is 9.11. The summed E-state index contributed by atoms with van der Waals surface area (Å²) in [5, 5.41) is 0. The predicted molar refractivity (Wildman–Crippen MR) is 60.0 cm³/mol. The minimum absolute atomic E-state index is 1.05. The molecule has 0 aliphatic heterocycles. The van der Waals surface area contributed by atoms with Crippen molar-refractivity contribution in [3.05, 3.63) is 39.7 Å². The van der Waals surface area contributed by atoms with Gasteiger partial charge in [-0.2, -0.15) is 4.37 Å².